The molecule has 2 aromatic carbocycles. The van der Waals surface area contributed by atoms with Crippen molar-refractivity contribution in [2.24, 2.45) is 0 Å². The highest BCUT2D eigenvalue weighted by Crippen LogP contribution is 2.29. The van der Waals surface area contributed by atoms with Gasteiger partial charge in [-0.15, -0.1) is 0 Å². The van der Waals surface area contributed by atoms with Crippen LogP contribution in [0.1, 0.15) is 0 Å². The summed E-state index contributed by atoms with van der Waals surface area (Å²) in [6.07, 6.45) is 1.56. The maximum absolute atomic E-state index is 12.3. The molecule has 0 fully saturated rings. The Hall–Kier alpha value is -3.01. The number of furan rings is 1. The average molecular weight is 278 g/mol. The van der Waals surface area contributed by atoms with Crippen LogP contribution >= 0.6 is 0 Å². The summed E-state index contributed by atoms with van der Waals surface area (Å²) in [5, 5.41) is 10.8. The van der Waals surface area contributed by atoms with E-state index in [0.29, 0.717) is 27.9 Å². The Balaban J connectivity index is 2.10. The summed E-state index contributed by atoms with van der Waals surface area (Å²) in [5.41, 5.74) is 1.68. The van der Waals surface area contributed by atoms with Gasteiger partial charge >= 0.3 is 0 Å². The van der Waals surface area contributed by atoms with Crippen molar-refractivity contribution in [1.82, 2.24) is 0 Å². The van der Waals surface area contributed by atoms with E-state index in [1.54, 1.807) is 48.7 Å². The largest absolute Gasteiger partial charge is 0.508 e. The highest BCUT2D eigenvalue weighted by atomic mass is 16.3. The number of phenols is 1. The molecule has 0 aliphatic carbocycles. The first-order valence-corrected chi connectivity index (χ1v) is 6.46. The lowest BCUT2D eigenvalue weighted by atomic mass is 10.1. The molecule has 0 saturated carbocycles. The van der Waals surface area contributed by atoms with Crippen LogP contribution in [0.3, 0.4) is 0 Å². The molecule has 0 amide bonds. The lowest BCUT2D eigenvalue weighted by Gasteiger charge is -2.04. The predicted octanol–water partition coefficient (Wildman–Crippen LogP) is 3.91. The molecule has 0 atom stereocenters. The zero-order chi connectivity index (χ0) is 14.4. The number of rotatable bonds is 1. The third kappa shape index (κ3) is 1.80. The fourth-order valence-corrected chi connectivity index (χ4v) is 2.46. The van der Waals surface area contributed by atoms with Crippen LogP contribution in [0.25, 0.3) is 33.3 Å². The Morgan fingerprint density at radius 2 is 1.86 bits per heavy atom. The first-order chi connectivity index (χ1) is 10.2. The highest BCUT2D eigenvalue weighted by molar-refractivity contribution is 6.02. The quantitative estimate of drug-likeness (QED) is 0.573. The van der Waals surface area contributed by atoms with Crippen LogP contribution in [-0.4, -0.2) is 5.11 Å². The van der Waals surface area contributed by atoms with E-state index in [0.717, 1.165) is 5.39 Å². The molecule has 0 spiro atoms. The molecule has 2 aromatic heterocycles. The van der Waals surface area contributed by atoms with Gasteiger partial charge in [-0.1, -0.05) is 12.1 Å². The lowest BCUT2D eigenvalue weighted by Crippen LogP contribution is -2.00. The van der Waals surface area contributed by atoms with Crippen molar-refractivity contribution >= 4 is 21.9 Å². The third-order valence-electron chi connectivity index (χ3n) is 3.46. The summed E-state index contributed by atoms with van der Waals surface area (Å²) in [6, 6.07) is 13.3. The molecular formula is C17H10O4. The number of phenolic OH excluding ortho intramolecular Hbond substituents is 1. The molecule has 21 heavy (non-hydrogen) atoms. The van der Waals surface area contributed by atoms with Crippen LogP contribution in [0, 0.1) is 0 Å². The van der Waals surface area contributed by atoms with Crippen molar-refractivity contribution in [3.8, 4) is 17.1 Å². The van der Waals surface area contributed by atoms with E-state index in [4.69, 9.17) is 8.83 Å². The van der Waals surface area contributed by atoms with E-state index in [-0.39, 0.29) is 11.2 Å². The van der Waals surface area contributed by atoms with Crippen molar-refractivity contribution in [1.29, 1.82) is 0 Å². The standard InChI is InChI=1S/C17H10O4/c18-11-3-1-2-10(8-11)16-9-14(19)12-4-5-15-13(6-7-20-15)17(12)21-16/h1-9,18H. The molecule has 1 N–H and O–H groups in total. The summed E-state index contributed by atoms with van der Waals surface area (Å²) >= 11 is 0. The van der Waals surface area contributed by atoms with Gasteiger partial charge in [-0.05, 0) is 30.3 Å². The molecule has 4 heteroatoms. The monoisotopic (exact) mass is 278 g/mol. The summed E-state index contributed by atoms with van der Waals surface area (Å²) in [7, 11) is 0. The van der Waals surface area contributed by atoms with Gasteiger partial charge in [0, 0.05) is 11.6 Å². The minimum Gasteiger partial charge on any atom is -0.508 e. The average Bonchev–Trinajstić information content (AvgIpc) is 2.96. The van der Waals surface area contributed by atoms with Crippen molar-refractivity contribution < 1.29 is 13.9 Å². The SMILES string of the molecule is O=c1cc(-c2cccc(O)c2)oc2c1ccc1occc12. The second-order valence-corrected chi connectivity index (χ2v) is 4.80. The van der Waals surface area contributed by atoms with Gasteiger partial charge in [0.05, 0.1) is 17.0 Å². The summed E-state index contributed by atoms with van der Waals surface area (Å²) in [5.74, 6) is 0.536. The van der Waals surface area contributed by atoms with E-state index < -0.39 is 0 Å². The molecule has 4 rings (SSSR count). The van der Waals surface area contributed by atoms with Gasteiger partial charge in [0.25, 0.3) is 0 Å². The number of aromatic hydroxyl groups is 1. The molecule has 0 bridgehead atoms. The van der Waals surface area contributed by atoms with Crippen LogP contribution in [0.4, 0.5) is 0 Å². The topological polar surface area (TPSA) is 63.6 Å². The molecule has 102 valence electrons. The van der Waals surface area contributed by atoms with Gasteiger partial charge < -0.3 is 13.9 Å². The summed E-state index contributed by atoms with van der Waals surface area (Å²) in [6.45, 7) is 0. The Morgan fingerprint density at radius 1 is 0.952 bits per heavy atom. The van der Waals surface area contributed by atoms with E-state index in [9.17, 15) is 9.90 Å². The number of hydrogen-bond acceptors (Lipinski definition) is 4. The summed E-state index contributed by atoms with van der Waals surface area (Å²) < 4.78 is 11.2. The van der Waals surface area contributed by atoms with Crippen LogP contribution in [-0.2, 0) is 0 Å². The molecule has 2 heterocycles. The Bertz CT molecular complexity index is 1020. The number of benzene rings is 2. The van der Waals surface area contributed by atoms with Crippen molar-refractivity contribution in [2.45, 2.75) is 0 Å². The van der Waals surface area contributed by atoms with Gasteiger partial charge in [0.1, 0.15) is 22.7 Å². The number of fused-ring (bicyclic) bond motifs is 3. The molecule has 0 radical (unpaired) electrons. The maximum Gasteiger partial charge on any atom is 0.193 e. The van der Waals surface area contributed by atoms with Gasteiger partial charge in [0.15, 0.2) is 5.43 Å². The molecular weight excluding hydrogens is 268 g/mol. The van der Waals surface area contributed by atoms with Crippen molar-refractivity contribution in [3.05, 3.63) is 65.0 Å². The van der Waals surface area contributed by atoms with Gasteiger partial charge in [-0.2, -0.15) is 0 Å². The highest BCUT2D eigenvalue weighted by Gasteiger charge is 2.11. The maximum atomic E-state index is 12.3. The van der Waals surface area contributed by atoms with E-state index >= 15 is 0 Å². The van der Waals surface area contributed by atoms with Crippen LogP contribution in [0.15, 0.2) is 68.4 Å². The number of hydrogen-bond donors (Lipinski definition) is 1. The predicted molar refractivity (Wildman–Crippen MR) is 79.4 cm³/mol. The van der Waals surface area contributed by atoms with Crippen molar-refractivity contribution in [2.75, 3.05) is 0 Å². The van der Waals surface area contributed by atoms with Crippen LogP contribution in [0.5, 0.6) is 5.75 Å². The Kier molecular flexibility index (Phi) is 2.38. The normalized spacial score (nSPS) is 11.2. The Morgan fingerprint density at radius 3 is 2.71 bits per heavy atom. The summed E-state index contributed by atoms with van der Waals surface area (Å²) in [4.78, 5) is 12.3. The molecule has 4 nitrogen and oxygen atoms in total. The van der Waals surface area contributed by atoms with E-state index in [1.807, 2.05) is 0 Å². The Labute approximate surface area is 118 Å². The van der Waals surface area contributed by atoms with Crippen LogP contribution < -0.4 is 5.43 Å². The fraction of sp³-hybridized carbons (Fsp3) is 0. The van der Waals surface area contributed by atoms with Gasteiger partial charge in [-0.3, -0.25) is 4.79 Å². The zero-order valence-electron chi connectivity index (χ0n) is 10.9. The van der Waals surface area contributed by atoms with E-state index in [1.165, 1.54) is 6.07 Å². The smallest absolute Gasteiger partial charge is 0.193 e. The third-order valence-corrected chi connectivity index (χ3v) is 3.46. The van der Waals surface area contributed by atoms with E-state index in [2.05, 4.69) is 0 Å². The van der Waals surface area contributed by atoms with Gasteiger partial charge in [-0.25, -0.2) is 0 Å². The van der Waals surface area contributed by atoms with Crippen molar-refractivity contribution in [3.63, 3.8) is 0 Å². The minimum atomic E-state index is -0.127. The zero-order valence-corrected chi connectivity index (χ0v) is 10.9. The van der Waals surface area contributed by atoms with Crippen LogP contribution in [0.2, 0.25) is 0 Å². The first kappa shape index (κ1) is 11.8. The second-order valence-electron chi connectivity index (χ2n) is 4.80. The molecule has 0 unspecified atom stereocenters. The molecule has 0 saturated heterocycles. The molecule has 4 aromatic rings. The molecule has 0 aliphatic rings. The molecule has 0 aliphatic heterocycles. The first-order valence-electron chi connectivity index (χ1n) is 6.46. The van der Waals surface area contributed by atoms with Gasteiger partial charge in [0.2, 0.25) is 0 Å². The lowest BCUT2D eigenvalue weighted by molar-refractivity contribution is 0.475. The second kappa shape index (κ2) is 4.24. The minimum absolute atomic E-state index is 0.122. The fourth-order valence-electron chi connectivity index (χ4n) is 2.46.